The molecule has 1 aromatic carbocycles. The number of nitrogens with zero attached hydrogens (tertiary/aromatic N) is 4. The number of hydrogen-bond acceptors (Lipinski definition) is 7. The summed E-state index contributed by atoms with van der Waals surface area (Å²) < 4.78 is 5.32. The lowest BCUT2D eigenvalue weighted by Crippen LogP contribution is -2.25. The summed E-state index contributed by atoms with van der Waals surface area (Å²) in [4.78, 5) is 8.20. The topological polar surface area (TPSA) is 51.1 Å². The first-order valence-electron chi connectivity index (χ1n) is 9.45. The Kier molecular flexibility index (Phi) is 7.42. The van der Waals surface area contributed by atoms with Crippen molar-refractivity contribution in [2.24, 2.45) is 0 Å². The van der Waals surface area contributed by atoms with Gasteiger partial charge in [-0.15, -0.1) is 33.3 Å². The van der Waals surface area contributed by atoms with Gasteiger partial charge in [0.05, 0.1) is 17.7 Å². The molecule has 3 aromatic rings. The minimum Gasteiger partial charge on any atom is -0.497 e. The van der Waals surface area contributed by atoms with Gasteiger partial charge in [-0.25, -0.2) is 4.98 Å². The summed E-state index contributed by atoms with van der Waals surface area (Å²) in [6.07, 6.45) is 0. The Hall–Kier alpha value is -1.96. The number of methoxy groups -OCH3 is 1. The first-order valence-corrected chi connectivity index (χ1v) is 11.3. The molecule has 0 aliphatic carbocycles. The Balaban J connectivity index is 1.71. The molecule has 5 nitrogen and oxygen atoms in total. The van der Waals surface area contributed by atoms with Crippen molar-refractivity contribution in [3.8, 4) is 26.9 Å². The van der Waals surface area contributed by atoms with E-state index in [9.17, 15) is 0 Å². The Labute approximate surface area is 175 Å². The monoisotopic (exact) mass is 414 g/mol. The quantitative estimate of drug-likeness (QED) is 0.458. The predicted octanol–water partition coefficient (Wildman–Crippen LogP) is 5.02. The van der Waals surface area contributed by atoms with Crippen molar-refractivity contribution in [2.75, 3.05) is 32.5 Å². The maximum absolute atomic E-state index is 5.32. The van der Waals surface area contributed by atoms with Crippen molar-refractivity contribution in [1.82, 2.24) is 20.1 Å². The van der Waals surface area contributed by atoms with Crippen LogP contribution in [0.4, 0.5) is 0 Å². The van der Waals surface area contributed by atoms with Crippen LogP contribution in [0.1, 0.15) is 19.5 Å². The first kappa shape index (κ1) is 20.8. The summed E-state index contributed by atoms with van der Waals surface area (Å²) in [6.45, 7) is 9.65. The number of thioether (sulfide) groups is 1. The van der Waals surface area contributed by atoms with Crippen molar-refractivity contribution in [2.45, 2.75) is 25.8 Å². The van der Waals surface area contributed by atoms with Crippen LogP contribution in [-0.2, 0) is 0 Å². The van der Waals surface area contributed by atoms with Gasteiger partial charge in [-0.2, -0.15) is 0 Å². The summed E-state index contributed by atoms with van der Waals surface area (Å²) in [5, 5.41) is 10.8. The Morgan fingerprint density at radius 3 is 2.61 bits per heavy atom. The van der Waals surface area contributed by atoms with E-state index in [0.29, 0.717) is 0 Å². The van der Waals surface area contributed by atoms with Gasteiger partial charge >= 0.3 is 0 Å². The van der Waals surface area contributed by atoms with Crippen LogP contribution in [0.2, 0.25) is 0 Å². The fourth-order valence-electron chi connectivity index (χ4n) is 2.85. The third-order valence-electron chi connectivity index (χ3n) is 4.54. The maximum Gasteiger partial charge on any atom is 0.124 e. The van der Waals surface area contributed by atoms with Crippen LogP contribution in [0.25, 0.3) is 21.1 Å². The lowest BCUT2D eigenvalue weighted by atomic mass is 10.2. The van der Waals surface area contributed by atoms with Gasteiger partial charge in [0.2, 0.25) is 0 Å². The van der Waals surface area contributed by atoms with E-state index in [1.807, 2.05) is 37.3 Å². The third-order valence-corrected chi connectivity index (χ3v) is 6.67. The van der Waals surface area contributed by atoms with Crippen molar-refractivity contribution in [1.29, 1.82) is 0 Å². The number of ether oxygens (including phenoxy) is 1. The minimum atomic E-state index is 0.831. The van der Waals surface area contributed by atoms with E-state index in [1.54, 1.807) is 30.2 Å². The highest BCUT2D eigenvalue weighted by molar-refractivity contribution is 7.99. The van der Waals surface area contributed by atoms with Crippen molar-refractivity contribution < 1.29 is 4.74 Å². The highest BCUT2D eigenvalue weighted by Crippen LogP contribution is 2.35. The standard InChI is InChI=1S/C21H26N4OS2/c1-5-25(6-2)12-13-27-19-11-10-18(23-24-19)20-15(3)22-21(28-20)16-8-7-9-17(14-16)26-4/h7-11,14H,5-6,12-13H2,1-4H3. The molecule has 2 aromatic heterocycles. The molecule has 7 heteroatoms. The van der Waals surface area contributed by atoms with Crippen molar-refractivity contribution in [3.05, 3.63) is 42.1 Å². The number of thiazole rings is 1. The zero-order chi connectivity index (χ0) is 19.9. The van der Waals surface area contributed by atoms with Crippen LogP contribution in [0.15, 0.2) is 41.4 Å². The molecule has 0 bridgehead atoms. The molecule has 0 unspecified atom stereocenters. The summed E-state index contributed by atoms with van der Waals surface area (Å²) in [7, 11) is 1.68. The van der Waals surface area contributed by atoms with Gasteiger partial charge in [-0.05, 0) is 44.3 Å². The van der Waals surface area contributed by atoms with Gasteiger partial charge in [-0.1, -0.05) is 26.0 Å². The molecule has 0 saturated carbocycles. The predicted molar refractivity (Wildman–Crippen MR) is 118 cm³/mol. The molecular formula is C21H26N4OS2. The fraction of sp³-hybridized carbons (Fsp3) is 0.381. The van der Waals surface area contributed by atoms with E-state index in [-0.39, 0.29) is 0 Å². The smallest absolute Gasteiger partial charge is 0.124 e. The number of benzene rings is 1. The number of aryl methyl sites for hydroxylation is 1. The molecule has 2 heterocycles. The molecule has 0 aliphatic heterocycles. The lowest BCUT2D eigenvalue weighted by Gasteiger charge is -2.16. The molecule has 0 spiro atoms. The van der Waals surface area contributed by atoms with Crippen LogP contribution in [0.3, 0.4) is 0 Å². The van der Waals surface area contributed by atoms with Gasteiger partial charge in [-0.3, -0.25) is 0 Å². The van der Waals surface area contributed by atoms with Gasteiger partial charge in [0, 0.05) is 17.9 Å². The van der Waals surface area contributed by atoms with E-state index in [4.69, 9.17) is 9.72 Å². The molecule has 0 fully saturated rings. The van der Waals surface area contributed by atoms with Gasteiger partial charge in [0.15, 0.2) is 0 Å². The first-order chi connectivity index (χ1) is 13.6. The van der Waals surface area contributed by atoms with Gasteiger partial charge in [0.25, 0.3) is 0 Å². The largest absolute Gasteiger partial charge is 0.497 e. The molecular weight excluding hydrogens is 388 g/mol. The molecule has 28 heavy (non-hydrogen) atoms. The molecule has 0 aliphatic rings. The summed E-state index contributed by atoms with van der Waals surface area (Å²) >= 11 is 3.39. The summed E-state index contributed by atoms with van der Waals surface area (Å²) in [5.41, 5.74) is 2.89. The third kappa shape index (κ3) is 5.10. The van der Waals surface area contributed by atoms with Crippen LogP contribution in [0.5, 0.6) is 5.75 Å². The molecule has 0 radical (unpaired) electrons. The Bertz CT molecular complexity index is 892. The second-order valence-electron chi connectivity index (χ2n) is 6.30. The molecule has 3 rings (SSSR count). The van der Waals surface area contributed by atoms with Gasteiger partial charge in [0.1, 0.15) is 21.5 Å². The number of aromatic nitrogens is 3. The summed E-state index contributed by atoms with van der Waals surface area (Å²) in [6, 6.07) is 12.1. The summed E-state index contributed by atoms with van der Waals surface area (Å²) in [5.74, 6) is 1.85. The average molecular weight is 415 g/mol. The van der Waals surface area contributed by atoms with E-state index >= 15 is 0 Å². The van der Waals surface area contributed by atoms with E-state index in [0.717, 1.165) is 63.0 Å². The van der Waals surface area contributed by atoms with Crippen molar-refractivity contribution in [3.63, 3.8) is 0 Å². The van der Waals surface area contributed by atoms with Crippen LogP contribution >= 0.6 is 23.1 Å². The molecule has 0 atom stereocenters. The minimum absolute atomic E-state index is 0.831. The molecule has 0 amide bonds. The lowest BCUT2D eigenvalue weighted by molar-refractivity contribution is 0.324. The Morgan fingerprint density at radius 1 is 1.11 bits per heavy atom. The second-order valence-corrected chi connectivity index (χ2v) is 8.41. The van der Waals surface area contributed by atoms with Crippen LogP contribution in [0, 0.1) is 6.92 Å². The van der Waals surface area contributed by atoms with Crippen molar-refractivity contribution >= 4 is 23.1 Å². The van der Waals surface area contributed by atoms with E-state index < -0.39 is 0 Å². The van der Waals surface area contributed by atoms with Gasteiger partial charge < -0.3 is 9.64 Å². The highest BCUT2D eigenvalue weighted by Gasteiger charge is 2.13. The Morgan fingerprint density at radius 2 is 1.93 bits per heavy atom. The van der Waals surface area contributed by atoms with Crippen LogP contribution in [-0.4, -0.2) is 52.6 Å². The highest BCUT2D eigenvalue weighted by atomic mass is 32.2. The molecule has 0 saturated heterocycles. The SMILES string of the molecule is CCN(CC)CCSc1ccc(-c2sc(-c3cccc(OC)c3)nc2C)nn1. The van der Waals surface area contributed by atoms with Crippen LogP contribution < -0.4 is 4.74 Å². The van der Waals surface area contributed by atoms with E-state index in [2.05, 4.69) is 35.0 Å². The molecule has 148 valence electrons. The zero-order valence-electron chi connectivity index (χ0n) is 16.8. The average Bonchev–Trinajstić information content (AvgIpc) is 3.13. The maximum atomic E-state index is 5.32. The number of hydrogen-bond donors (Lipinski definition) is 0. The fourth-order valence-corrected chi connectivity index (χ4v) is 4.70. The molecule has 0 N–H and O–H groups in total. The van der Waals surface area contributed by atoms with E-state index in [1.165, 1.54) is 0 Å². The zero-order valence-corrected chi connectivity index (χ0v) is 18.4. The second kappa shape index (κ2) is 10.0. The number of rotatable bonds is 9. The normalized spacial score (nSPS) is 11.2.